The normalized spacial score (nSPS) is 13.0. The third-order valence-electron chi connectivity index (χ3n) is 6.57. The number of pyridine rings is 1. The van der Waals surface area contributed by atoms with Gasteiger partial charge in [-0.1, -0.05) is 43.7 Å². The first-order valence-electron chi connectivity index (χ1n) is 12.4. The van der Waals surface area contributed by atoms with E-state index in [1.165, 1.54) is 16.7 Å². The largest absolute Gasteiger partial charge is 0.322 e. The number of aromatic amines is 1. The summed E-state index contributed by atoms with van der Waals surface area (Å²) in [5, 5.41) is 13.9. The molecule has 0 aliphatic carbocycles. The minimum absolute atomic E-state index is 0.0377. The molecule has 0 saturated carbocycles. The molecule has 1 atom stereocenters. The highest BCUT2D eigenvalue weighted by Gasteiger charge is 2.30. The Morgan fingerprint density at radius 1 is 1.03 bits per heavy atom. The van der Waals surface area contributed by atoms with E-state index in [1.54, 1.807) is 0 Å². The number of hydrogen-bond donors (Lipinski definition) is 1. The summed E-state index contributed by atoms with van der Waals surface area (Å²) in [4.78, 5) is 18.6. The van der Waals surface area contributed by atoms with Gasteiger partial charge in [0.15, 0.2) is 5.82 Å². The minimum atomic E-state index is -0.251. The summed E-state index contributed by atoms with van der Waals surface area (Å²) in [6.45, 7) is 13.8. The molecule has 0 unspecified atom stereocenters. The van der Waals surface area contributed by atoms with Gasteiger partial charge in [0.2, 0.25) is 0 Å². The molecular weight excluding hydrogens is 436 g/mol. The Bertz CT molecular complexity index is 1350. The number of benzene rings is 2. The second kappa shape index (κ2) is 10.1. The first-order valence-corrected chi connectivity index (χ1v) is 12.4. The molecule has 0 aliphatic rings. The average molecular weight is 473 g/mol. The Morgan fingerprint density at radius 2 is 1.74 bits per heavy atom. The quantitative estimate of drug-likeness (QED) is 0.370. The molecule has 2 heterocycles. The molecule has 0 saturated heterocycles. The predicted octanol–water partition coefficient (Wildman–Crippen LogP) is 5.43. The van der Waals surface area contributed by atoms with Crippen LogP contribution in [0.3, 0.4) is 0 Å². The number of fused-ring (bicyclic) bond motifs is 1. The van der Waals surface area contributed by atoms with E-state index in [-0.39, 0.29) is 17.1 Å². The van der Waals surface area contributed by atoms with Crippen LogP contribution >= 0.6 is 0 Å². The van der Waals surface area contributed by atoms with Crippen molar-refractivity contribution in [1.29, 1.82) is 0 Å². The summed E-state index contributed by atoms with van der Waals surface area (Å²) in [6.07, 6.45) is 1.85. The highest BCUT2D eigenvalue weighted by atomic mass is 16.1. The van der Waals surface area contributed by atoms with Gasteiger partial charge in [-0.15, -0.1) is 5.10 Å². The lowest BCUT2D eigenvalue weighted by Gasteiger charge is -2.33. The monoisotopic (exact) mass is 472 g/mol. The van der Waals surface area contributed by atoms with E-state index in [1.807, 2.05) is 16.8 Å². The van der Waals surface area contributed by atoms with Gasteiger partial charge in [-0.2, -0.15) is 0 Å². The molecule has 4 aromatic rings. The molecule has 0 amide bonds. The van der Waals surface area contributed by atoms with Crippen LogP contribution in [0, 0.1) is 13.8 Å². The zero-order valence-electron chi connectivity index (χ0n) is 21.7. The molecule has 0 radical (unpaired) electrons. The van der Waals surface area contributed by atoms with E-state index >= 15 is 0 Å². The number of rotatable bonds is 8. The summed E-state index contributed by atoms with van der Waals surface area (Å²) < 4.78 is 1.92. The summed E-state index contributed by atoms with van der Waals surface area (Å²) in [6, 6.07) is 16.6. The summed E-state index contributed by atoms with van der Waals surface area (Å²) >= 11 is 0. The molecule has 0 aliphatic heterocycles. The maximum atomic E-state index is 13.2. The zero-order valence-corrected chi connectivity index (χ0v) is 21.7. The van der Waals surface area contributed by atoms with Crippen LogP contribution in [0.25, 0.3) is 10.9 Å². The van der Waals surface area contributed by atoms with Gasteiger partial charge in [0.1, 0.15) is 0 Å². The molecule has 35 heavy (non-hydrogen) atoms. The van der Waals surface area contributed by atoms with Crippen LogP contribution in [0.1, 0.15) is 74.7 Å². The third-order valence-corrected chi connectivity index (χ3v) is 6.57. The Balaban J connectivity index is 1.79. The molecule has 0 spiro atoms. The van der Waals surface area contributed by atoms with Gasteiger partial charge in [-0.3, -0.25) is 9.69 Å². The summed E-state index contributed by atoms with van der Waals surface area (Å²) in [7, 11) is 0. The van der Waals surface area contributed by atoms with Gasteiger partial charge in [0.05, 0.1) is 11.6 Å². The third kappa shape index (κ3) is 5.51. The van der Waals surface area contributed by atoms with Crippen molar-refractivity contribution >= 4 is 10.9 Å². The maximum absolute atomic E-state index is 13.2. The van der Waals surface area contributed by atoms with Crippen LogP contribution in [0.5, 0.6) is 0 Å². The van der Waals surface area contributed by atoms with E-state index in [0.717, 1.165) is 35.1 Å². The first kappa shape index (κ1) is 24.8. The predicted molar refractivity (Wildman–Crippen MR) is 140 cm³/mol. The maximum Gasteiger partial charge on any atom is 0.252 e. The Hall–Kier alpha value is -3.32. The Morgan fingerprint density at radius 3 is 2.43 bits per heavy atom. The minimum Gasteiger partial charge on any atom is -0.322 e. The van der Waals surface area contributed by atoms with Crippen LogP contribution < -0.4 is 5.56 Å². The van der Waals surface area contributed by atoms with E-state index in [2.05, 4.69) is 103 Å². The fourth-order valence-corrected chi connectivity index (χ4v) is 4.58. The van der Waals surface area contributed by atoms with Crippen molar-refractivity contribution < 1.29 is 0 Å². The molecule has 184 valence electrons. The van der Waals surface area contributed by atoms with Crippen LogP contribution in [0.15, 0.2) is 53.3 Å². The number of tetrazole rings is 1. The molecule has 0 fully saturated rings. The van der Waals surface area contributed by atoms with E-state index < -0.39 is 0 Å². The second-order valence-electron chi connectivity index (χ2n) is 10.5. The standard InChI is InChI=1S/C28H36N6O/c1-7-11-25(26-30-31-32-34(26)28(4,5)6)33(17-21-12-9-8-10-13-21)18-23-16-22-14-19(2)20(3)15-24(22)29-27(23)35/h8-10,12-16,25H,7,11,17-18H2,1-6H3,(H,29,35)/t25-/m1/s1. The second-order valence-corrected chi connectivity index (χ2v) is 10.5. The number of hydrogen-bond acceptors (Lipinski definition) is 5. The fourth-order valence-electron chi connectivity index (χ4n) is 4.58. The molecule has 0 bridgehead atoms. The van der Waals surface area contributed by atoms with Crippen molar-refractivity contribution in [2.45, 2.75) is 79.1 Å². The highest BCUT2D eigenvalue weighted by Crippen LogP contribution is 2.30. The lowest BCUT2D eigenvalue weighted by atomic mass is 10.0. The summed E-state index contributed by atoms with van der Waals surface area (Å²) in [5.74, 6) is 0.832. The van der Waals surface area contributed by atoms with E-state index in [9.17, 15) is 4.79 Å². The van der Waals surface area contributed by atoms with Crippen molar-refractivity contribution in [2.24, 2.45) is 0 Å². The van der Waals surface area contributed by atoms with Crippen molar-refractivity contribution in [3.8, 4) is 0 Å². The molecule has 4 rings (SSSR count). The smallest absolute Gasteiger partial charge is 0.252 e. The average Bonchev–Trinajstić information content (AvgIpc) is 3.30. The highest BCUT2D eigenvalue weighted by molar-refractivity contribution is 5.80. The van der Waals surface area contributed by atoms with Gasteiger partial charge in [0, 0.05) is 24.2 Å². The van der Waals surface area contributed by atoms with Gasteiger partial charge in [-0.25, -0.2) is 4.68 Å². The SMILES string of the molecule is CCC[C@H](c1nnnn1C(C)(C)C)N(Cc1ccccc1)Cc1cc2cc(C)c(C)cc2[nH]c1=O. The number of nitrogens with one attached hydrogen (secondary N) is 1. The molecule has 1 N–H and O–H groups in total. The van der Waals surface area contributed by atoms with Gasteiger partial charge >= 0.3 is 0 Å². The molecule has 2 aromatic carbocycles. The van der Waals surface area contributed by atoms with Crippen molar-refractivity contribution in [3.63, 3.8) is 0 Å². The fraction of sp³-hybridized carbons (Fsp3) is 0.429. The molecular formula is C28H36N6O. The van der Waals surface area contributed by atoms with E-state index in [4.69, 9.17) is 0 Å². The lowest BCUT2D eigenvalue weighted by Crippen LogP contribution is -2.35. The Labute approximate surface area is 207 Å². The lowest BCUT2D eigenvalue weighted by molar-refractivity contribution is 0.148. The van der Waals surface area contributed by atoms with E-state index in [0.29, 0.717) is 13.1 Å². The van der Waals surface area contributed by atoms with Crippen LogP contribution in [-0.2, 0) is 18.6 Å². The molecule has 2 aromatic heterocycles. The summed E-state index contributed by atoms with van der Waals surface area (Å²) in [5.41, 5.74) is 4.88. The van der Waals surface area contributed by atoms with Crippen molar-refractivity contribution in [1.82, 2.24) is 30.1 Å². The topological polar surface area (TPSA) is 79.7 Å². The Kier molecular flexibility index (Phi) is 7.17. The van der Waals surface area contributed by atoms with Gasteiger partial charge < -0.3 is 4.98 Å². The zero-order chi connectivity index (χ0) is 25.2. The number of nitrogens with zero attached hydrogens (tertiary/aromatic N) is 5. The van der Waals surface area contributed by atoms with Crippen molar-refractivity contribution in [3.05, 3.63) is 87.0 Å². The molecule has 7 heteroatoms. The van der Waals surface area contributed by atoms with Gasteiger partial charge in [-0.05, 0) is 91.7 Å². The first-order chi connectivity index (χ1) is 16.7. The van der Waals surface area contributed by atoms with Crippen LogP contribution in [0.2, 0.25) is 0 Å². The van der Waals surface area contributed by atoms with Crippen LogP contribution in [-0.4, -0.2) is 30.1 Å². The van der Waals surface area contributed by atoms with Crippen molar-refractivity contribution in [2.75, 3.05) is 0 Å². The van der Waals surface area contributed by atoms with Gasteiger partial charge in [0.25, 0.3) is 5.56 Å². The number of H-pyrrole nitrogens is 1. The number of aryl methyl sites for hydroxylation is 2. The molecule has 7 nitrogen and oxygen atoms in total. The number of aromatic nitrogens is 5. The van der Waals surface area contributed by atoms with Crippen LogP contribution in [0.4, 0.5) is 0 Å².